The van der Waals surface area contributed by atoms with Gasteiger partial charge in [0.25, 0.3) is 0 Å². The number of hydrogen-bond donors (Lipinski definition) is 4. The Morgan fingerprint density at radius 3 is 2.33 bits per heavy atom. The minimum absolute atomic E-state index is 0.146. The van der Waals surface area contributed by atoms with Gasteiger partial charge in [0, 0.05) is 6.42 Å². The standard InChI is InChI=1S/C11H18N2O5/c12-7(5-6-1-2-6)10(16)13-8(11(17)18)3-4-9(14)15/h6-8H,1-5,12H2,(H,13,16)(H,14,15)(H,17,18)/t7-,8-/m0/s1. The van der Waals surface area contributed by atoms with Crippen molar-refractivity contribution >= 4 is 17.8 Å². The molecule has 0 spiro atoms. The molecule has 7 heteroatoms. The van der Waals surface area contributed by atoms with Crippen LogP contribution in [0.2, 0.25) is 0 Å². The van der Waals surface area contributed by atoms with E-state index in [9.17, 15) is 14.4 Å². The Bertz CT molecular complexity index is 340. The van der Waals surface area contributed by atoms with Gasteiger partial charge in [0.2, 0.25) is 5.91 Å². The van der Waals surface area contributed by atoms with E-state index in [1.54, 1.807) is 0 Å². The lowest BCUT2D eigenvalue weighted by Crippen LogP contribution is -2.48. The summed E-state index contributed by atoms with van der Waals surface area (Å²) in [6.07, 6.45) is 2.21. The molecule has 1 aliphatic rings. The van der Waals surface area contributed by atoms with Crippen molar-refractivity contribution in [2.45, 2.75) is 44.2 Å². The predicted molar refractivity (Wildman–Crippen MR) is 61.8 cm³/mol. The third-order valence-corrected chi connectivity index (χ3v) is 2.88. The molecule has 0 bridgehead atoms. The van der Waals surface area contributed by atoms with Crippen molar-refractivity contribution in [3.63, 3.8) is 0 Å². The van der Waals surface area contributed by atoms with Crippen LogP contribution in [0.3, 0.4) is 0 Å². The van der Waals surface area contributed by atoms with Gasteiger partial charge < -0.3 is 21.3 Å². The van der Waals surface area contributed by atoms with Gasteiger partial charge in [-0.05, 0) is 18.8 Å². The molecule has 0 unspecified atom stereocenters. The zero-order valence-electron chi connectivity index (χ0n) is 9.96. The lowest BCUT2D eigenvalue weighted by molar-refractivity contribution is -0.143. The van der Waals surface area contributed by atoms with E-state index in [0.717, 1.165) is 12.8 Å². The van der Waals surface area contributed by atoms with Crippen LogP contribution in [0.1, 0.15) is 32.1 Å². The maximum absolute atomic E-state index is 11.6. The van der Waals surface area contributed by atoms with Crippen LogP contribution in [0.4, 0.5) is 0 Å². The molecule has 0 saturated heterocycles. The monoisotopic (exact) mass is 258 g/mol. The maximum atomic E-state index is 11.6. The molecule has 1 amide bonds. The molecule has 1 aliphatic carbocycles. The topological polar surface area (TPSA) is 130 Å². The molecule has 0 radical (unpaired) electrons. The van der Waals surface area contributed by atoms with Gasteiger partial charge in [-0.15, -0.1) is 0 Å². The first-order valence-corrected chi connectivity index (χ1v) is 5.90. The molecule has 0 aromatic rings. The average Bonchev–Trinajstić information content (AvgIpc) is 3.06. The van der Waals surface area contributed by atoms with Crippen LogP contribution in [0, 0.1) is 5.92 Å². The van der Waals surface area contributed by atoms with Gasteiger partial charge in [0.05, 0.1) is 6.04 Å². The molecule has 102 valence electrons. The van der Waals surface area contributed by atoms with Gasteiger partial charge in [0.15, 0.2) is 0 Å². The summed E-state index contributed by atoms with van der Waals surface area (Å²) in [6.45, 7) is 0. The molecule has 18 heavy (non-hydrogen) atoms. The minimum Gasteiger partial charge on any atom is -0.481 e. The molecule has 0 aromatic heterocycles. The van der Waals surface area contributed by atoms with Gasteiger partial charge in [-0.25, -0.2) is 4.79 Å². The number of carbonyl (C=O) groups excluding carboxylic acids is 1. The van der Waals surface area contributed by atoms with Crippen molar-refractivity contribution in [1.29, 1.82) is 0 Å². The van der Waals surface area contributed by atoms with Crippen LogP contribution >= 0.6 is 0 Å². The quantitative estimate of drug-likeness (QED) is 0.466. The van der Waals surface area contributed by atoms with Crippen LogP contribution in [0.15, 0.2) is 0 Å². The van der Waals surface area contributed by atoms with E-state index in [-0.39, 0.29) is 12.8 Å². The van der Waals surface area contributed by atoms with Gasteiger partial charge in [-0.2, -0.15) is 0 Å². The summed E-state index contributed by atoms with van der Waals surface area (Å²) in [5.74, 6) is -2.41. The summed E-state index contributed by atoms with van der Waals surface area (Å²) in [5.41, 5.74) is 5.64. The fraction of sp³-hybridized carbons (Fsp3) is 0.727. The van der Waals surface area contributed by atoms with E-state index in [2.05, 4.69) is 5.32 Å². The molecular weight excluding hydrogens is 240 g/mol. The predicted octanol–water partition coefficient (Wildman–Crippen LogP) is -0.452. The lowest BCUT2D eigenvalue weighted by atomic mass is 10.1. The first-order valence-electron chi connectivity index (χ1n) is 5.90. The zero-order chi connectivity index (χ0) is 13.7. The van der Waals surface area contributed by atoms with Crippen molar-refractivity contribution in [2.75, 3.05) is 0 Å². The largest absolute Gasteiger partial charge is 0.481 e. The molecule has 1 saturated carbocycles. The van der Waals surface area contributed by atoms with Crippen molar-refractivity contribution in [1.82, 2.24) is 5.32 Å². The van der Waals surface area contributed by atoms with Crippen LogP contribution in [-0.4, -0.2) is 40.1 Å². The maximum Gasteiger partial charge on any atom is 0.326 e. The fourth-order valence-corrected chi connectivity index (χ4v) is 1.62. The molecule has 7 nitrogen and oxygen atoms in total. The number of aliphatic carboxylic acids is 2. The summed E-state index contributed by atoms with van der Waals surface area (Å²) < 4.78 is 0. The Balaban J connectivity index is 2.40. The summed E-state index contributed by atoms with van der Waals surface area (Å²) in [6, 6.07) is -1.91. The van der Waals surface area contributed by atoms with E-state index in [1.165, 1.54) is 0 Å². The normalized spacial score (nSPS) is 17.8. The van der Waals surface area contributed by atoms with Crippen LogP contribution in [-0.2, 0) is 14.4 Å². The Morgan fingerprint density at radius 1 is 1.28 bits per heavy atom. The van der Waals surface area contributed by atoms with Crippen molar-refractivity contribution in [3.8, 4) is 0 Å². The molecular formula is C11H18N2O5. The number of nitrogens with one attached hydrogen (secondary N) is 1. The van der Waals surface area contributed by atoms with Crippen LogP contribution in [0.5, 0.6) is 0 Å². The van der Waals surface area contributed by atoms with Crippen molar-refractivity contribution in [3.05, 3.63) is 0 Å². The van der Waals surface area contributed by atoms with E-state index in [4.69, 9.17) is 15.9 Å². The minimum atomic E-state index is -1.25. The second-order valence-corrected chi connectivity index (χ2v) is 4.62. The number of carboxylic acid groups (broad SMARTS) is 2. The second-order valence-electron chi connectivity index (χ2n) is 4.62. The Morgan fingerprint density at radius 2 is 1.89 bits per heavy atom. The number of amides is 1. The Kier molecular flexibility index (Phi) is 5.08. The molecule has 1 rings (SSSR count). The second kappa shape index (κ2) is 6.34. The highest BCUT2D eigenvalue weighted by atomic mass is 16.4. The summed E-state index contributed by atoms with van der Waals surface area (Å²) in [5, 5.41) is 19.6. The van der Waals surface area contributed by atoms with Gasteiger partial charge >= 0.3 is 11.9 Å². The lowest BCUT2D eigenvalue weighted by Gasteiger charge is -2.17. The van der Waals surface area contributed by atoms with E-state index >= 15 is 0 Å². The smallest absolute Gasteiger partial charge is 0.326 e. The van der Waals surface area contributed by atoms with Crippen molar-refractivity contribution in [2.24, 2.45) is 11.7 Å². The molecule has 1 fully saturated rings. The highest BCUT2D eigenvalue weighted by molar-refractivity contribution is 5.87. The third-order valence-electron chi connectivity index (χ3n) is 2.88. The average molecular weight is 258 g/mol. The van der Waals surface area contributed by atoms with Gasteiger partial charge in [0.1, 0.15) is 6.04 Å². The first-order chi connectivity index (χ1) is 8.40. The molecule has 0 heterocycles. The number of carbonyl (C=O) groups is 3. The highest BCUT2D eigenvalue weighted by Crippen LogP contribution is 2.33. The molecule has 0 aliphatic heterocycles. The van der Waals surface area contributed by atoms with Gasteiger partial charge in [-0.1, -0.05) is 12.8 Å². The Labute approximate surface area is 104 Å². The fourth-order valence-electron chi connectivity index (χ4n) is 1.62. The van der Waals surface area contributed by atoms with Gasteiger partial charge in [-0.3, -0.25) is 9.59 Å². The van der Waals surface area contributed by atoms with E-state index < -0.39 is 29.9 Å². The zero-order valence-corrected chi connectivity index (χ0v) is 9.96. The molecule has 5 N–H and O–H groups in total. The van der Waals surface area contributed by atoms with Crippen LogP contribution < -0.4 is 11.1 Å². The number of carboxylic acids is 2. The molecule has 2 atom stereocenters. The SMILES string of the molecule is N[C@@H](CC1CC1)C(=O)N[C@@H](CCC(=O)O)C(=O)O. The third kappa shape index (κ3) is 5.13. The van der Waals surface area contributed by atoms with Crippen molar-refractivity contribution < 1.29 is 24.6 Å². The molecule has 0 aromatic carbocycles. The summed E-state index contributed by atoms with van der Waals surface area (Å²) in [7, 11) is 0. The van der Waals surface area contributed by atoms with E-state index in [1.807, 2.05) is 0 Å². The number of nitrogens with two attached hydrogens (primary N) is 1. The number of rotatable bonds is 8. The first kappa shape index (κ1) is 14.4. The summed E-state index contributed by atoms with van der Waals surface area (Å²) in [4.78, 5) is 32.8. The highest BCUT2D eigenvalue weighted by Gasteiger charge is 2.29. The number of hydrogen-bond acceptors (Lipinski definition) is 4. The Hall–Kier alpha value is -1.63. The summed E-state index contributed by atoms with van der Waals surface area (Å²) >= 11 is 0. The van der Waals surface area contributed by atoms with Crippen LogP contribution in [0.25, 0.3) is 0 Å². The van der Waals surface area contributed by atoms with E-state index in [0.29, 0.717) is 12.3 Å².